The van der Waals surface area contributed by atoms with Crippen molar-refractivity contribution in [2.45, 2.75) is 39.5 Å². The third kappa shape index (κ3) is 4.31. The molecule has 1 rings (SSSR count). The van der Waals surface area contributed by atoms with Gasteiger partial charge in [0, 0.05) is 6.42 Å². The fourth-order valence-electron chi connectivity index (χ4n) is 1.86. The molecule has 16 heavy (non-hydrogen) atoms. The van der Waals surface area contributed by atoms with Crippen LogP contribution in [0, 0.1) is 5.92 Å². The Labute approximate surface area is 104 Å². The van der Waals surface area contributed by atoms with Gasteiger partial charge in [-0.1, -0.05) is 57.3 Å². The SMILES string of the molecule is CC(CC(N)=S)Cc1ccc(C(C)C)cc1. The molecule has 1 aromatic carbocycles. The Morgan fingerprint density at radius 1 is 1.19 bits per heavy atom. The van der Waals surface area contributed by atoms with Crippen LogP contribution in [0.15, 0.2) is 24.3 Å². The monoisotopic (exact) mass is 235 g/mol. The lowest BCUT2D eigenvalue weighted by atomic mass is 9.95. The largest absolute Gasteiger partial charge is 0.393 e. The first-order valence-corrected chi connectivity index (χ1v) is 6.27. The molecule has 0 heterocycles. The van der Waals surface area contributed by atoms with Crippen LogP contribution in [0.25, 0.3) is 0 Å². The molecule has 88 valence electrons. The molecule has 0 radical (unpaired) electrons. The van der Waals surface area contributed by atoms with Crippen molar-refractivity contribution in [3.05, 3.63) is 35.4 Å². The maximum Gasteiger partial charge on any atom is 0.0730 e. The predicted molar refractivity (Wildman–Crippen MR) is 74.8 cm³/mol. The van der Waals surface area contributed by atoms with Crippen molar-refractivity contribution in [2.75, 3.05) is 0 Å². The Morgan fingerprint density at radius 2 is 1.75 bits per heavy atom. The number of hydrogen-bond acceptors (Lipinski definition) is 1. The Bertz CT molecular complexity index is 340. The summed E-state index contributed by atoms with van der Waals surface area (Å²) in [5, 5.41) is 0. The van der Waals surface area contributed by atoms with Gasteiger partial charge in [-0.25, -0.2) is 0 Å². The maximum absolute atomic E-state index is 5.54. The average molecular weight is 235 g/mol. The summed E-state index contributed by atoms with van der Waals surface area (Å²) in [6, 6.07) is 8.86. The first kappa shape index (κ1) is 13.2. The molecule has 0 aromatic heterocycles. The van der Waals surface area contributed by atoms with Gasteiger partial charge in [-0.2, -0.15) is 0 Å². The molecule has 0 bridgehead atoms. The van der Waals surface area contributed by atoms with Gasteiger partial charge in [-0.3, -0.25) is 0 Å². The summed E-state index contributed by atoms with van der Waals surface area (Å²) in [6.45, 7) is 6.62. The van der Waals surface area contributed by atoms with Gasteiger partial charge in [0.1, 0.15) is 0 Å². The minimum Gasteiger partial charge on any atom is -0.393 e. The second kappa shape index (κ2) is 6.00. The highest BCUT2D eigenvalue weighted by Gasteiger charge is 2.05. The molecular formula is C14H21NS. The third-order valence-corrected chi connectivity index (χ3v) is 2.95. The third-order valence-electron chi connectivity index (χ3n) is 2.78. The van der Waals surface area contributed by atoms with E-state index in [2.05, 4.69) is 45.0 Å². The van der Waals surface area contributed by atoms with Crippen LogP contribution in [-0.2, 0) is 6.42 Å². The van der Waals surface area contributed by atoms with E-state index in [9.17, 15) is 0 Å². The summed E-state index contributed by atoms with van der Waals surface area (Å²) in [5.41, 5.74) is 8.31. The van der Waals surface area contributed by atoms with E-state index in [0.29, 0.717) is 16.8 Å². The molecule has 1 nitrogen and oxygen atoms in total. The summed E-state index contributed by atoms with van der Waals surface area (Å²) >= 11 is 4.92. The highest BCUT2D eigenvalue weighted by Crippen LogP contribution is 2.17. The van der Waals surface area contributed by atoms with E-state index in [1.54, 1.807) is 0 Å². The number of thiocarbonyl (C=S) groups is 1. The zero-order valence-electron chi connectivity index (χ0n) is 10.4. The van der Waals surface area contributed by atoms with Crippen molar-refractivity contribution < 1.29 is 0 Å². The summed E-state index contributed by atoms with van der Waals surface area (Å²) in [4.78, 5) is 0.617. The second-order valence-corrected chi connectivity index (χ2v) is 5.40. The Morgan fingerprint density at radius 3 is 2.19 bits per heavy atom. The lowest BCUT2D eigenvalue weighted by Gasteiger charge is -2.11. The number of benzene rings is 1. The minimum absolute atomic E-state index is 0.530. The summed E-state index contributed by atoms with van der Waals surface area (Å²) in [5.74, 6) is 1.13. The van der Waals surface area contributed by atoms with Gasteiger partial charge in [0.15, 0.2) is 0 Å². The molecule has 0 aliphatic carbocycles. The number of rotatable bonds is 5. The summed E-state index contributed by atoms with van der Waals surface area (Å²) < 4.78 is 0. The van der Waals surface area contributed by atoms with E-state index in [-0.39, 0.29) is 0 Å². The normalized spacial score (nSPS) is 12.8. The van der Waals surface area contributed by atoms with Crippen LogP contribution in [-0.4, -0.2) is 4.99 Å². The molecule has 0 amide bonds. The summed E-state index contributed by atoms with van der Waals surface area (Å²) in [6.07, 6.45) is 1.89. The Balaban J connectivity index is 2.58. The van der Waals surface area contributed by atoms with E-state index < -0.39 is 0 Å². The topological polar surface area (TPSA) is 26.0 Å². The van der Waals surface area contributed by atoms with Gasteiger partial charge in [0.05, 0.1) is 4.99 Å². The lowest BCUT2D eigenvalue weighted by Crippen LogP contribution is -2.13. The Hall–Kier alpha value is -0.890. The van der Waals surface area contributed by atoms with E-state index in [4.69, 9.17) is 18.0 Å². The molecule has 0 aliphatic rings. The van der Waals surface area contributed by atoms with E-state index >= 15 is 0 Å². The molecule has 0 spiro atoms. The van der Waals surface area contributed by atoms with Crippen molar-refractivity contribution in [3.63, 3.8) is 0 Å². The standard InChI is InChI=1S/C14H21NS/c1-10(2)13-6-4-12(5-7-13)8-11(3)9-14(15)16/h4-7,10-11H,8-9H2,1-3H3,(H2,15,16). The molecule has 0 fully saturated rings. The fourth-order valence-corrected chi connectivity index (χ4v) is 2.14. The van der Waals surface area contributed by atoms with Crippen LogP contribution in [0.5, 0.6) is 0 Å². The van der Waals surface area contributed by atoms with Gasteiger partial charge in [-0.15, -0.1) is 0 Å². The number of hydrogen-bond donors (Lipinski definition) is 1. The van der Waals surface area contributed by atoms with Crippen molar-refractivity contribution in [1.29, 1.82) is 0 Å². The van der Waals surface area contributed by atoms with E-state index in [1.165, 1.54) is 11.1 Å². The van der Waals surface area contributed by atoms with E-state index in [1.807, 2.05) is 0 Å². The second-order valence-electron chi connectivity index (χ2n) is 4.88. The summed E-state index contributed by atoms with van der Waals surface area (Å²) in [7, 11) is 0. The van der Waals surface area contributed by atoms with Crippen LogP contribution in [0.1, 0.15) is 44.2 Å². The number of nitrogens with two attached hydrogens (primary N) is 1. The predicted octanol–water partition coefficient (Wildman–Crippen LogP) is 3.66. The molecule has 1 unspecified atom stereocenters. The van der Waals surface area contributed by atoms with Gasteiger partial charge >= 0.3 is 0 Å². The molecular weight excluding hydrogens is 214 g/mol. The minimum atomic E-state index is 0.530. The zero-order valence-corrected chi connectivity index (χ0v) is 11.2. The average Bonchev–Trinajstić information content (AvgIpc) is 2.16. The molecule has 2 N–H and O–H groups in total. The van der Waals surface area contributed by atoms with Crippen LogP contribution in [0.2, 0.25) is 0 Å². The van der Waals surface area contributed by atoms with Crippen molar-refractivity contribution in [1.82, 2.24) is 0 Å². The highest BCUT2D eigenvalue weighted by atomic mass is 32.1. The van der Waals surface area contributed by atoms with Gasteiger partial charge < -0.3 is 5.73 Å². The van der Waals surface area contributed by atoms with Crippen molar-refractivity contribution in [3.8, 4) is 0 Å². The van der Waals surface area contributed by atoms with E-state index in [0.717, 1.165) is 12.8 Å². The van der Waals surface area contributed by atoms with Crippen molar-refractivity contribution in [2.24, 2.45) is 11.7 Å². The van der Waals surface area contributed by atoms with Crippen LogP contribution in [0.4, 0.5) is 0 Å². The molecule has 1 aromatic rings. The zero-order chi connectivity index (χ0) is 12.1. The fraction of sp³-hybridized carbons (Fsp3) is 0.500. The smallest absolute Gasteiger partial charge is 0.0730 e. The highest BCUT2D eigenvalue weighted by molar-refractivity contribution is 7.80. The quantitative estimate of drug-likeness (QED) is 0.788. The molecule has 2 heteroatoms. The maximum atomic E-state index is 5.54. The van der Waals surface area contributed by atoms with Crippen LogP contribution >= 0.6 is 12.2 Å². The van der Waals surface area contributed by atoms with Crippen LogP contribution < -0.4 is 5.73 Å². The lowest BCUT2D eigenvalue weighted by molar-refractivity contribution is 0.607. The van der Waals surface area contributed by atoms with Crippen molar-refractivity contribution >= 4 is 17.2 Å². The van der Waals surface area contributed by atoms with Gasteiger partial charge in [-0.05, 0) is 29.4 Å². The van der Waals surface area contributed by atoms with Crippen LogP contribution in [0.3, 0.4) is 0 Å². The first-order valence-electron chi connectivity index (χ1n) is 5.86. The van der Waals surface area contributed by atoms with Gasteiger partial charge in [0.25, 0.3) is 0 Å². The molecule has 0 saturated carbocycles. The first-order chi connectivity index (χ1) is 7.49. The van der Waals surface area contributed by atoms with Gasteiger partial charge in [0.2, 0.25) is 0 Å². The molecule has 1 atom stereocenters. The molecule has 0 saturated heterocycles. The molecule has 0 aliphatic heterocycles. The Kier molecular flexibility index (Phi) is 4.94.